The quantitative estimate of drug-likeness (QED) is 0.141. The normalized spacial score (nSPS) is 21.7. The number of aromatic nitrogens is 4. The number of H-pyrrole nitrogens is 2. The standard InChI is InChI=1S/C41H50N8O6/c1-24(2)35(55-40(42)52)39(51)49-21-5-7-34(49)37-44-23-32(47-37)28-14-10-26(11-15-28)25-8-12-27(13-9-25)31-22-43-36(46-31)33-6-4-20-48(33)38(50)29-16-18-30(19-17-29)45-41(53)54-3/h8-15,22-24,29-30,33-35H,4-7,16-21H2,1-3H3,(H2,42,52)(H,43,46)(H,44,47)(H,45,53)/t29?,30?,33-,34-,35-/m0/s1. The van der Waals surface area contributed by atoms with Crippen molar-refractivity contribution in [1.82, 2.24) is 35.1 Å². The molecular formula is C41H50N8O6. The van der Waals surface area contributed by atoms with Crippen molar-refractivity contribution in [2.75, 3.05) is 20.2 Å². The molecule has 3 atom stereocenters. The molecule has 2 saturated heterocycles. The van der Waals surface area contributed by atoms with Crippen molar-refractivity contribution in [3.63, 3.8) is 0 Å². The number of benzene rings is 2. The predicted octanol–water partition coefficient (Wildman–Crippen LogP) is 6.50. The summed E-state index contributed by atoms with van der Waals surface area (Å²) in [5, 5.41) is 2.87. The maximum absolute atomic E-state index is 13.6. The molecule has 1 saturated carbocycles. The van der Waals surface area contributed by atoms with E-state index >= 15 is 0 Å². The number of ether oxygens (including phenoxy) is 2. The third-order valence-electron chi connectivity index (χ3n) is 11.3. The van der Waals surface area contributed by atoms with Crippen LogP contribution in [0.5, 0.6) is 0 Å². The topological polar surface area (TPSA) is 189 Å². The van der Waals surface area contributed by atoms with Gasteiger partial charge in [0.15, 0.2) is 6.10 Å². The van der Waals surface area contributed by atoms with Gasteiger partial charge in [-0.3, -0.25) is 9.59 Å². The van der Waals surface area contributed by atoms with Crippen LogP contribution < -0.4 is 11.1 Å². The molecule has 0 bridgehead atoms. The second-order valence-corrected chi connectivity index (χ2v) is 15.2. The molecule has 3 aliphatic rings. The Labute approximate surface area is 320 Å². The molecule has 0 radical (unpaired) electrons. The van der Waals surface area contributed by atoms with E-state index in [2.05, 4.69) is 56.7 Å². The Morgan fingerprint density at radius 1 is 0.745 bits per heavy atom. The first-order chi connectivity index (χ1) is 26.6. The minimum Gasteiger partial charge on any atom is -0.453 e. The first-order valence-corrected chi connectivity index (χ1v) is 19.3. The zero-order valence-corrected chi connectivity index (χ0v) is 31.6. The number of primary amides is 1. The first kappa shape index (κ1) is 37.6. The lowest BCUT2D eigenvalue weighted by atomic mass is 9.85. The molecule has 3 fully saturated rings. The number of alkyl carbamates (subject to hydrolysis) is 1. The maximum atomic E-state index is 13.6. The lowest BCUT2D eigenvalue weighted by molar-refractivity contribution is -0.143. The minimum atomic E-state index is -0.959. The van der Waals surface area contributed by atoms with Gasteiger partial charge in [0.05, 0.1) is 43.0 Å². The smallest absolute Gasteiger partial charge is 0.407 e. The highest BCUT2D eigenvalue weighted by Crippen LogP contribution is 2.37. The summed E-state index contributed by atoms with van der Waals surface area (Å²) in [5.74, 6) is 1.18. The highest BCUT2D eigenvalue weighted by atomic mass is 16.6. The molecule has 55 heavy (non-hydrogen) atoms. The van der Waals surface area contributed by atoms with Gasteiger partial charge < -0.3 is 40.3 Å². The molecule has 14 heteroatoms. The van der Waals surface area contributed by atoms with Gasteiger partial charge in [0.2, 0.25) is 5.91 Å². The molecule has 4 aromatic rings. The minimum absolute atomic E-state index is 0.0422. The Balaban J connectivity index is 0.968. The number of rotatable bonds is 10. The van der Waals surface area contributed by atoms with E-state index in [1.165, 1.54) is 7.11 Å². The lowest BCUT2D eigenvalue weighted by Crippen LogP contribution is -2.44. The molecule has 2 aliphatic heterocycles. The Morgan fingerprint density at radius 2 is 1.24 bits per heavy atom. The fraction of sp³-hybridized carbons (Fsp3) is 0.463. The molecular weight excluding hydrogens is 701 g/mol. The van der Waals surface area contributed by atoms with Crippen LogP contribution in [0.25, 0.3) is 33.6 Å². The van der Waals surface area contributed by atoms with Crippen LogP contribution in [0.3, 0.4) is 0 Å². The number of hydrogen-bond acceptors (Lipinski definition) is 8. The number of carbonyl (C=O) groups is 4. The molecule has 2 aromatic carbocycles. The number of hydrogen-bond donors (Lipinski definition) is 4. The fourth-order valence-electron chi connectivity index (χ4n) is 8.32. The number of nitrogens with two attached hydrogens (primary N) is 1. The van der Waals surface area contributed by atoms with Crippen LogP contribution in [0.2, 0.25) is 0 Å². The average Bonchev–Trinajstić information content (AvgIpc) is 4.03. The van der Waals surface area contributed by atoms with E-state index in [9.17, 15) is 19.2 Å². The van der Waals surface area contributed by atoms with E-state index in [1.807, 2.05) is 37.1 Å². The number of methoxy groups -OCH3 is 1. The van der Waals surface area contributed by atoms with Crippen molar-refractivity contribution in [2.24, 2.45) is 17.6 Å². The molecule has 4 amide bonds. The fourth-order valence-corrected chi connectivity index (χ4v) is 8.32. The Hall–Kier alpha value is -5.66. The summed E-state index contributed by atoms with van der Waals surface area (Å²) in [4.78, 5) is 70.1. The van der Waals surface area contributed by atoms with Crippen molar-refractivity contribution >= 4 is 24.0 Å². The third-order valence-corrected chi connectivity index (χ3v) is 11.3. The van der Waals surface area contributed by atoms with Crippen LogP contribution in [0.4, 0.5) is 9.59 Å². The van der Waals surface area contributed by atoms with E-state index < -0.39 is 18.3 Å². The first-order valence-electron chi connectivity index (χ1n) is 19.3. The van der Waals surface area contributed by atoms with Crippen LogP contribution in [0, 0.1) is 11.8 Å². The second-order valence-electron chi connectivity index (χ2n) is 15.2. The molecule has 4 heterocycles. The number of likely N-dealkylation sites (tertiary alicyclic amines) is 2. The largest absolute Gasteiger partial charge is 0.453 e. The van der Waals surface area contributed by atoms with Crippen molar-refractivity contribution < 1.29 is 28.7 Å². The molecule has 14 nitrogen and oxygen atoms in total. The lowest BCUT2D eigenvalue weighted by Gasteiger charge is -2.32. The molecule has 7 rings (SSSR count). The molecule has 0 unspecified atom stereocenters. The van der Waals surface area contributed by atoms with Gasteiger partial charge in [0.1, 0.15) is 11.6 Å². The van der Waals surface area contributed by atoms with Gasteiger partial charge in [-0.25, -0.2) is 19.6 Å². The van der Waals surface area contributed by atoms with Crippen molar-refractivity contribution in [3.05, 3.63) is 72.6 Å². The van der Waals surface area contributed by atoms with Crippen molar-refractivity contribution in [2.45, 2.75) is 89.4 Å². The van der Waals surface area contributed by atoms with Crippen molar-refractivity contribution in [3.8, 4) is 33.6 Å². The summed E-state index contributed by atoms with van der Waals surface area (Å²) < 4.78 is 9.90. The molecule has 2 aromatic heterocycles. The number of imidazole rings is 2. The van der Waals surface area contributed by atoms with E-state index in [1.54, 1.807) is 11.1 Å². The van der Waals surface area contributed by atoms with Gasteiger partial charge in [-0.1, -0.05) is 62.4 Å². The van der Waals surface area contributed by atoms with E-state index in [0.29, 0.717) is 12.4 Å². The van der Waals surface area contributed by atoms with Gasteiger partial charge in [-0.05, 0) is 79.5 Å². The summed E-state index contributed by atoms with van der Waals surface area (Å²) in [6, 6.07) is 16.3. The monoisotopic (exact) mass is 750 g/mol. The molecule has 290 valence electrons. The van der Waals surface area contributed by atoms with Crippen LogP contribution in [0.1, 0.15) is 88.9 Å². The second kappa shape index (κ2) is 16.4. The summed E-state index contributed by atoms with van der Waals surface area (Å²) >= 11 is 0. The van der Waals surface area contributed by atoms with Crippen LogP contribution >= 0.6 is 0 Å². The van der Waals surface area contributed by atoms with E-state index in [4.69, 9.17) is 20.2 Å². The SMILES string of the molecule is COC(=O)NC1CCC(C(=O)N2CCC[C@H]2c2ncc(-c3ccc(-c4ccc(-c5cnc([C@@H]6CCCN6C(=O)[C@@H](OC(N)=O)C(C)C)[nH]5)cc4)cc3)[nH]2)CC1. The highest BCUT2D eigenvalue weighted by Gasteiger charge is 2.39. The summed E-state index contributed by atoms with van der Waals surface area (Å²) in [6.07, 6.45) is 7.74. The number of amides is 4. The molecule has 0 spiro atoms. The Kier molecular flexibility index (Phi) is 11.2. The Morgan fingerprint density at radius 3 is 1.73 bits per heavy atom. The highest BCUT2D eigenvalue weighted by molar-refractivity contribution is 5.84. The third kappa shape index (κ3) is 8.23. The zero-order chi connectivity index (χ0) is 38.6. The maximum Gasteiger partial charge on any atom is 0.407 e. The predicted molar refractivity (Wildman–Crippen MR) is 205 cm³/mol. The molecule has 5 N–H and O–H groups in total. The summed E-state index contributed by atoms with van der Waals surface area (Å²) in [6.45, 7) is 4.94. The van der Waals surface area contributed by atoms with E-state index in [0.717, 1.165) is 97.4 Å². The number of carbonyl (C=O) groups excluding carboxylic acids is 4. The van der Waals surface area contributed by atoms with Crippen molar-refractivity contribution in [1.29, 1.82) is 0 Å². The van der Waals surface area contributed by atoms with E-state index in [-0.39, 0.29) is 41.8 Å². The number of nitrogens with one attached hydrogen (secondary N) is 3. The van der Waals surface area contributed by atoms with Crippen LogP contribution in [-0.4, -0.2) is 86.1 Å². The van der Waals surface area contributed by atoms with Crippen LogP contribution in [0.15, 0.2) is 60.9 Å². The van der Waals surface area contributed by atoms with Gasteiger partial charge in [-0.2, -0.15) is 0 Å². The van der Waals surface area contributed by atoms with Crippen LogP contribution in [-0.2, 0) is 19.1 Å². The number of aromatic amines is 2. The molecule has 1 aliphatic carbocycles. The van der Waals surface area contributed by atoms with Gasteiger partial charge in [0.25, 0.3) is 5.91 Å². The van der Waals surface area contributed by atoms with Gasteiger partial charge in [-0.15, -0.1) is 0 Å². The summed E-state index contributed by atoms with van der Waals surface area (Å²) in [7, 11) is 1.36. The van der Waals surface area contributed by atoms with Gasteiger partial charge >= 0.3 is 12.2 Å². The average molecular weight is 751 g/mol. The number of nitrogens with zero attached hydrogens (tertiary/aromatic N) is 4. The summed E-state index contributed by atoms with van der Waals surface area (Å²) in [5.41, 5.74) is 11.1. The zero-order valence-electron chi connectivity index (χ0n) is 31.6. The van der Waals surface area contributed by atoms with Gasteiger partial charge in [0, 0.05) is 25.0 Å². The Bertz CT molecular complexity index is 1980.